The molecule has 0 bridgehead atoms. The molecule has 2 fully saturated rings. The van der Waals surface area contributed by atoms with Crippen molar-refractivity contribution in [1.82, 2.24) is 5.43 Å². The standard InChI is InChI=1S/C17H26N2O2/c1-20-17(9-11-21-12-10-17)16(19-18)15-8-3-2-7-14(15)13-5-4-6-13/h2-3,7-8,13,16,19H,4-6,9-12,18H2,1H3. The van der Waals surface area contributed by atoms with Gasteiger partial charge in [0.1, 0.15) is 0 Å². The summed E-state index contributed by atoms with van der Waals surface area (Å²) in [6, 6.07) is 8.71. The number of nitrogens with two attached hydrogens (primary N) is 1. The van der Waals surface area contributed by atoms with Gasteiger partial charge in [-0.15, -0.1) is 0 Å². The van der Waals surface area contributed by atoms with Crippen LogP contribution in [0.4, 0.5) is 0 Å². The molecule has 1 atom stereocenters. The van der Waals surface area contributed by atoms with Crippen LogP contribution >= 0.6 is 0 Å². The maximum Gasteiger partial charge on any atom is 0.0929 e. The van der Waals surface area contributed by atoms with Crippen LogP contribution in [0.2, 0.25) is 0 Å². The van der Waals surface area contributed by atoms with Gasteiger partial charge in [0.2, 0.25) is 0 Å². The Hall–Kier alpha value is -0.940. The van der Waals surface area contributed by atoms with Crippen molar-refractivity contribution in [2.75, 3.05) is 20.3 Å². The van der Waals surface area contributed by atoms with Gasteiger partial charge in [-0.2, -0.15) is 0 Å². The van der Waals surface area contributed by atoms with Gasteiger partial charge in [-0.25, -0.2) is 0 Å². The minimum Gasteiger partial charge on any atom is -0.381 e. The zero-order chi connectivity index (χ0) is 14.7. The molecule has 2 aliphatic rings. The summed E-state index contributed by atoms with van der Waals surface area (Å²) in [7, 11) is 1.79. The predicted molar refractivity (Wildman–Crippen MR) is 82.9 cm³/mol. The van der Waals surface area contributed by atoms with Crippen molar-refractivity contribution in [1.29, 1.82) is 0 Å². The van der Waals surface area contributed by atoms with Crippen molar-refractivity contribution < 1.29 is 9.47 Å². The van der Waals surface area contributed by atoms with Crippen molar-refractivity contribution in [3.63, 3.8) is 0 Å². The second kappa shape index (κ2) is 6.44. The van der Waals surface area contributed by atoms with Gasteiger partial charge < -0.3 is 9.47 Å². The van der Waals surface area contributed by atoms with Gasteiger partial charge in [-0.1, -0.05) is 30.7 Å². The van der Waals surface area contributed by atoms with Gasteiger partial charge in [-0.3, -0.25) is 11.3 Å². The van der Waals surface area contributed by atoms with Crippen LogP contribution in [0.25, 0.3) is 0 Å². The predicted octanol–water partition coefficient (Wildman–Crippen LogP) is 2.65. The van der Waals surface area contributed by atoms with Crippen molar-refractivity contribution in [2.45, 2.75) is 49.7 Å². The highest BCUT2D eigenvalue weighted by Gasteiger charge is 2.42. The summed E-state index contributed by atoms with van der Waals surface area (Å²) in [4.78, 5) is 0. The number of ether oxygens (including phenoxy) is 2. The van der Waals surface area contributed by atoms with Gasteiger partial charge >= 0.3 is 0 Å². The van der Waals surface area contributed by atoms with E-state index in [1.807, 2.05) is 0 Å². The fraction of sp³-hybridized carbons (Fsp3) is 0.647. The van der Waals surface area contributed by atoms with Crippen LogP contribution in [0.1, 0.15) is 55.2 Å². The number of benzene rings is 1. The highest BCUT2D eigenvalue weighted by molar-refractivity contribution is 5.36. The maximum atomic E-state index is 5.95. The van der Waals surface area contributed by atoms with Crippen LogP contribution in [0.3, 0.4) is 0 Å². The zero-order valence-electron chi connectivity index (χ0n) is 12.8. The molecule has 3 rings (SSSR count). The monoisotopic (exact) mass is 290 g/mol. The van der Waals surface area contributed by atoms with Crippen molar-refractivity contribution >= 4 is 0 Å². The van der Waals surface area contributed by atoms with E-state index in [0.29, 0.717) is 5.92 Å². The molecule has 0 spiro atoms. The topological polar surface area (TPSA) is 56.5 Å². The molecule has 1 saturated carbocycles. The molecule has 1 aromatic carbocycles. The lowest BCUT2D eigenvalue weighted by Crippen LogP contribution is -2.51. The summed E-state index contributed by atoms with van der Waals surface area (Å²) in [5.74, 6) is 6.64. The van der Waals surface area contributed by atoms with E-state index in [1.165, 1.54) is 30.4 Å². The van der Waals surface area contributed by atoms with Gasteiger partial charge in [-0.05, 0) is 29.9 Å². The molecular weight excluding hydrogens is 264 g/mol. The number of hydrogen-bond acceptors (Lipinski definition) is 4. The molecule has 21 heavy (non-hydrogen) atoms. The first-order valence-corrected chi connectivity index (χ1v) is 7.98. The van der Waals surface area contributed by atoms with Crippen molar-refractivity contribution in [3.8, 4) is 0 Å². The van der Waals surface area contributed by atoms with E-state index >= 15 is 0 Å². The smallest absolute Gasteiger partial charge is 0.0929 e. The lowest BCUT2D eigenvalue weighted by Gasteiger charge is -2.43. The Morgan fingerprint density at radius 1 is 1.29 bits per heavy atom. The number of hydrogen-bond donors (Lipinski definition) is 2. The maximum absolute atomic E-state index is 5.95. The lowest BCUT2D eigenvalue weighted by atomic mass is 9.74. The summed E-state index contributed by atoms with van der Waals surface area (Å²) in [6.45, 7) is 1.47. The highest BCUT2D eigenvalue weighted by Crippen LogP contribution is 2.44. The van der Waals surface area contributed by atoms with Crippen molar-refractivity contribution in [3.05, 3.63) is 35.4 Å². The van der Waals surface area contributed by atoms with Crippen LogP contribution < -0.4 is 11.3 Å². The first-order valence-electron chi connectivity index (χ1n) is 7.98. The molecule has 1 aromatic rings. The molecule has 0 amide bonds. The molecule has 1 heterocycles. The Morgan fingerprint density at radius 2 is 2.00 bits per heavy atom. The quantitative estimate of drug-likeness (QED) is 0.646. The molecule has 1 aliphatic carbocycles. The van der Waals surface area contributed by atoms with Crippen LogP contribution in [0.5, 0.6) is 0 Å². The summed E-state index contributed by atoms with van der Waals surface area (Å²) in [5, 5.41) is 0. The summed E-state index contributed by atoms with van der Waals surface area (Å²) >= 11 is 0. The SMILES string of the molecule is COC1(C(NN)c2ccccc2C2CCC2)CCOCC1. The lowest BCUT2D eigenvalue weighted by molar-refractivity contribution is -0.112. The van der Waals surface area contributed by atoms with Crippen molar-refractivity contribution in [2.24, 2.45) is 5.84 Å². The summed E-state index contributed by atoms with van der Waals surface area (Å²) in [5.41, 5.74) is 5.51. The van der Waals surface area contributed by atoms with Crippen LogP contribution in [0, 0.1) is 0 Å². The Labute approximate surface area is 127 Å². The van der Waals surface area contributed by atoms with E-state index in [9.17, 15) is 0 Å². The molecule has 0 aromatic heterocycles. The Balaban J connectivity index is 1.95. The number of rotatable bonds is 5. The van der Waals surface area contributed by atoms with Crippen LogP contribution in [-0.2, 0) is 9.47 Å². The molecule has 1 unspecified atom stereocenters. The first-order chi connectivity index (χ1) is 10.3. The average molecular weight is 290 g/mol. The minimum absolute atomic E-state index is 0.0169. The molecule has 4 nitrogen and oxygen atoms in total. The third kappa shape index (κ3) is 2.73. The summed E-state index contributed by atoms with van der Waals surface area (Å²) < 4.78 is 11.5. The molecular formula is C17H26N2O2. The van der Waals surface area contributed by atoms with Gasteiger partial charge in [0.25, 0.3) is 0 Å². The second-order valence-electron chi connectivity index (χ2n) is 6.24. The molecule has 0 radical (unpaired) electrons. The Bertz CT molecular complexity index is 468. The Morgan fingerprint density at radius 3 is 2.57 bits per heavy atom. The van der Waals surface area contributed by atoms with Crippen LogP contribution in [0.15, 0.2) is 24.3 Å². The summed E-state index contributed by atoms with van der Waals surface area (Å²) in [6.07, 6.45) is 5.66. The molecule has 1 saturated heterocycles. The zero-order valence-corrected chi connectivity index (χ0v) is 12.8. The van der Waals surface area contributed by atoms with E-state index in [4.69, 9.17) is 15.3 Å². The van der Waals surface area contributed by atoms with E-state index in [1.54, 1.807) is 7.11 Å². The largest absolute Gasteiger partial charge is 0.381 e. The van der Waals surface area contributed by atoms with E-state index in [-0.39, 0.29) is 11.6 Å². The van der Waals surface area contributed by atoms with Gasteiger partial charge in [0, 0.05) is 33.2 Å². The number of nitrogens with one attached hydrogen (secondary N) is 1. The Kier molecular flexibility index (Phi) is 4.60. The first kappa shape index (κ1) is 15.0. The minimum atomic E-state index is -0.271. The van der Waals surface area contributed by atoms with E-state index in [0.717, 1.165) is 26.1 Å². The third-order valence-corrected chi connectivity index (χ3v) is 5.29. The van der Waals surface area contributed by atoms with Gasteiger partial charge in [0.05, 0.1) is 11.6 Å². The fourth-order valence-corrected chi connectivity index (χ4v) is 3.72. The highest BCUT2D eigenvalue weighted by atomic mass is 16.5. The normalized spacial score (nSPS) is 23.5. The number of methoxy groups -OCH3 is 1. The number of hydrazine groups is 1. The second-order valence-corrected chi connectivity index (χ2v) is 6.24. The fourth-order valence-electron chi connectivity index (χ4n) is 3.72. The van der Waals surface area contributed by atoms with Gasteiger partial charge in [0.15, 0.2) is 0 Å². The van der Waals surface area contributed by atoms with E-state index < -0.39 is 0 Å². The van der Waals surface area contributed by atoms with E-state index in [2.05, 4.69) is 29.7 Å². The third-order valence-electron chi connectivity index (χ3n) is 5.29. The molecule has 4 heteroatoms. The molecule has 116 valence electrons. The molecule has 3 N–H and O–H groups in total. The van der Waals surface area contributed by atoms with Crippen LogP contribution in [-0.4, -0.2) is 25.9 Å². The average Bonchev–Trinajstić information content (AvgIpc) is 2.49. The molecule has 1 aliphatic heterocycles.